The SMILES string of the molecule is CN(C)C1(c2ccccc2)CCC2(CC1)CN(CCC(=O)Nc1ccc(S(C)=O)cn1)C(=O)N2CC1CCC1.O. The number of nitrogens with zero attached hydrogens (tertiary/aromatic N) is 4. The topological polar surface area (TPSA) is 117 Å². The summed E-state index contributed by atoms with van der Waals surface area (Å²) in [6.45, 7) is 1.90. The Morgan fingerprint density at radius 3 is 2.35 bits per heavy atom. The van der Waals surface area contributed by atoms with Crippen molar-refractivity contribution in [2.75, 3.05) is 45.3 Å². The van der Waals surface area contributed by atoms with Gasteiger partial charge in [-0.1, -0.05) is 36.8 Å². The average molecular weight is 570 g/mol. The van der Waals surface area contributed by atoms with Crippen molar-refractivity contribution >= 4 is 28.6 Å². The number of amides is 3. The molecule has 2 heterocycles. The van der Waals surface area contributed by atoms with E-state index in [0.29, 0.717) is 29.7 Å². The molecule has 5 rings (SSSR count). The number of urea groups is 1. The second-order valence-corrected chi connectivity index (χ2v) is 13.1. The van der Waals surface area contributed by atoms with Gasteiger partial charge in [-0.05, 0) is 76.2 Å². The van der Waals surface area contributed by atoms with E-state index >= 15 is 0 Å². The van der Waals surface area contributed by atoms with Crippen LogP contribution in [0.4, 0.5) is 10.6 Å². The van der Waals surface area contributed by atoms with Crippen molar-refractivity contribution in [1.82, 2.24) is 19.7 Å². The molecule has 2 aliphatic carbocycles. The lowest BCUT2D eigenvalue weighted by atomic mass is 9.68. The van der Waals surface area contributed by atoms with Gasteiger partial charge in [0.15, 0.2) is 0 Å². The molecule has 3 aliphatic rings. The first-order chi connectivity index (χ1) is 18.7. The summed E-state index contributed by atoms with van der Waals surface area (Å²) < 4.78 is 11.6. The Morgan fingerprint density at radius 2 is 1.80 bits per heavy atom. The zero-order valence-corrected chi connectivity index (χ0v) is 24.7. The number of rotatable bonds is 9. The summed E-state index contributed by atoms with van der Waals surface area (Å²) in [6, 6.07) is 14.2. The van der Waals surface area contributed by atoms with E-state index in [2.05, 4.69) is 64.5 Å². The average Bonchev–Trinajstić information content (AvgIpc) is 3.16. The molecule has 1 aromatic heterocycles. The smallest absolute Gasteiger partial charge is 0.320 e. The molecule has 9 nitrogen and oxygen atoms in total. The molecule has 0 radical (unpaired) electrons. The maximum Gasteiger partial charge on any atom is 0.320 e. The van der Waals surface area contributed by atoms with Crippen LogP contribution in [0.1, 0.15) is 56.9 Å². The Hall–Kier alpha value is -2.82. The number of carbonyl (C=O) groups is 2. The maximum absolute atomic E-state index is 13.8. The molecule has 3 fully saturated rings. The van der Waals surface area contributed by atoms with Gasteiger partial charge in [0.2, 0.25) is 5.91 Å². The van der Waals surface area contributed by atoms with Gasteiger partial charge in [0.05, 0.1) is 21.2 Å². The molecule has 2 saturated carbocycles. The first-order valence-corrected chi connectivity index (χ1v) is 15.7. The van der Waals surface area contributed by atoms with Gasteiger partial charge < -0.3 is 20.6 Å². The normalized spacial score (nSPS) is 25.6. The van der Waals surface area contributed by atoms with E-state index in [1.165, 1.54) is 31.0 Å². The standard InChI is InChI=1S/C30H41N5O3S.H2O/c1-33(2)30(24-10-5-4-6-11-24)17-15-29(16-18-30)22-34(28(37)35(29)21-23-8-7-9-23)19-14-27(36)32-26-13-12-25(20-31-26)39(3)38;/h4-6,10-13,20,23H,7-9,14-19,21-22H2,1-3H3,(H,31,32,36);1H2. The van der Waals surface area contributed by atoms with Gasteiger partial charge in [-0.2, -0.15) is 0 Å². The van der Waals surface area contributed by atoms with E-state index in [1.807, 2.05) is 4.90 Å². The van der Waals surface area contributed by atoms with Crippen LogP contribution in [0.3, 0.4) is 0 Å². The summed E-state index contributed by atoms with van der Waals surface area (Å²) in [5.74, 6) is 0.847. The van der Waals surface area contributed by atoms with Crippen molar-refractivity contribution in [3.8, 4) is 0 Å². The minimum Gasteiger partial charge on any atom is -0.412 e. The number of benzene rings is 1. The molecule has 218 valence electrons. The summed E-state index contributed by atoms with van der Waals surface area (Å²) in [7, 11) is 3.23. The fourth-order valence-electron chi connectivity index (χ4n) is 6.63. The molecular weight excluding hydrogens is 526 g/mol. The molecule has 40 heavy (non-hydrogen) atoms. The van der Waals surface area contributed by atoms with Crippen molar-refractivity contribution in [3.63, 3.8) is 0 Å². The monoisotopic (exact) mass is 569 g/mol. The highest BCUT2D eigenvalue weighted by atomic mass is 32.2. The number of hydrogen-bond donors (Lipinski definition) is 1. The molecular formula is C30H43N5O4S. The molecule has 1 aromatic carbocycles. The predicted molar refractivity (Wildman–Crippen MR) is 157 cm³/mol. The van der Waals surface area contributed by atoms with Gasteiger partial charge in [-0.25, -0.2) is 9.78 Å². The fourth-order valence-corrected chi connectivity index (χ4v) is 7.09. The molecule has 1 saturated heterocycles. The van der Waals surface area contributed by atoms with Gasteiger partial charge in [0.25, 0.3) is 0 Å². The minimum atomic E-state index is -1.11. The molecule has 1 aliphatic heterocycles. The van der Waals surface area contributed by atoms with Crippen molar-refractivity contribution in [2.24, 2.45) is 5.92 Å². The quantitative estimate of drug-likeness (QED) is 0.495. The highest BCUT2D eigenvalue weighted by molar-refractivity contribution is 7.84. The molecule has 1 atom stereocenters. The Morgan fingerprint density at radius 1 is 1.10 bits per heavy atom. The molecule has 2 aromatic rings. The van der Waals surface area contributed by atoms with Crippen LogP contribution < -0.4 is 5.32 Å². The third kappa shape index (κ3) is 5.94. The van der Waals surface area contributed by atoms with Gasteiger partial charge in [-0.15, -0.1) is 0 Å². The predicted octanol–water partition coefficient (Wildman–Crippen LogP) is 3.63. The van der Waals surface area contributed by atoms with Crippen LogP contribution in [0.15, 0.2) is 53.6 Å². The zero-order chi connectivity index (χ0) is 27.6. The first kappa shape index (κ1) is 30.1. The number of carbonyl (C=O) groups excluding carboxylic acids is 2. The Bertz CT molecular complexity index is 1190. The third-order valence-electron chi connectivity index (χ3n) is 9.34. The minimum absolute atomic E-state index is 0. The van der Waals surface area contributed by atoms with Gasteiger partial charge in [-0.3, -0.25) is 13.9 Å². The number of nitrogens with one attached hydrogen (secondary N) is 1. The highest BCUT2D eigenvalue weighted by Gasteiger charge is 2.54. The molecule has 3 N–H and O–H groups in total. The Labute approximate surface area is 240 Å². The Balaban J connectivity index is 0.00000370. The lowest BCUT2D eigenvalue weighted by Gasteiger charge is -2.51. The van der Waals surface area contributed by atoms with Crippen molar-refractivity contribution < 1.29 is 19.3 Å². The summed E-state index contributed by atoms with van der Waals surface area (Å²) in [4.78, 5) is 37.8. The van der Waals surface area contributed by atoms with E-state index in [-0.39, 0.29) is 34.9 Å². The van der Waals surface area contributed by atoms with Crippen LogP contribution in [-0.2, 0) is 21.1 Å². The van der Waals surface area contributed by atoms with Crippen LogP contribution in [-0.4, -0.2) is 86.8 Å². The molecule has 0 bridgehead atoms. The lowest BCUT2D eigenvalue weighted by molar-refractivity contribution is -0.116. The third-order valence-corrected chi connectivity index (χ3v) is 10.2. The van der Waals surface area contributed by atoms with Crippen molar-refractivity contribution in [1.29, 1.82) is 0 Å². The van der Waals surface area contributed by atoms with E-state index in [4.69, 9.17) is 0 Å². The van der Waals surface area contributed by atoms with E-state index in [0.717, 1.165) is 32.2 Å². The second kappa shape index (κ2) is 12.4. The van der Waals surface area contributed by atoms with Crippen LogP contribution in [0.2, 0.25) is 0 Å². The first-order valence-electron chi connectivity index (χ1n) is 14.1. The van der Waals surface area contributed by atoms with Gasteiger partial charge in [0, 0.05) is 44.0 Å². The highest BCUT2D eigenvalue weighted by Crippen LogP contribution is 2.49. The summed E-state index contributed by atoms with van der Waals surface area (Å²) >= 11 is 0. The molecule has 1 spiro atoms. The van der Waals surface area contributed by atoms with Crippen molar-refractivity contribution in [3.05, 3.63) is 54.2 Å². The summed E-state index contributed by atoms with van der Waals surface area (Å²) in [5.41, 5.74) is 1.14. The van der Waals surface area contributed by atoms with Crippen LogP contribution in [0.25, 0.3) is 0 Å². The molecule has 1 unspecified atom stereocenters. The molecule has 10 heteroatoms. The number of aromatic nitrogens is 1. The zero-order valence-electron chi connectivity index (χ0n) is 23.9. The van der Waals surface area contributed by atoms with Gasteiger partial charge >= 0.3 is 6.03 Å². The fraction of sp³-hybridized carbons (Fsp3) is 0.567. The van der Waals surface area contributed by atoms with Crippen molar-refractivity contribution in [2.45, 2.75) is 67.3 Å². The number of hydrogen-bond acceptors (Lipinski definition) is 5. The lowest BCUT2D eigenvalue weighted by Crippen LogP contribution is -2.56. The van der Waals surface area contributed by atoms with E-state index in [1.54, 1.807) is 18.4 Å². The van der Waals surface area contributed by atoms with Crippen LogP contribution in [0, 0.1) is 5.92 Å². The van der Waals surface area contributed by atoms with Crippen LogP contribution in [0.5, 0.6) is 0 Å². The largest absolute Gasteiger partial charge is 0.412 e. The molecule has 3 amide bonds. The van der Waals surface area contributed by atoms with E-state index < -0.39 is 10.8 Å². The summed E-state index contributed by atoms with van der Waals surface area (Å²) in [5, 5.41) is 2.81. The number of pyridine rings is 1. The van der Waals surface area contributed by atoms with E-state index in [9.17, 15) is 13.8 Å². The number of anilines is 1. The second-order valence-electron chi connectivity index (χ2n) is 11.8. The summed E-state index contributed by atoms with van der Waals surface area (Å²) in [6.07, 6.45) is 10.9. The maximum atomic E-state index is 13.8. The Kier molecular flexibility index (Phi) is 9.32. The van der Waals surface area contributed by atoms with Gasteiger partial charge in [0.1, 0.15) is 5.82 Å². The van der Waals surface area contributed by atoms with Crippen LogP contribution >= 0.6 is 0 Å².